The largest absolute Gasteiger partial charge is 0.486 e. The van der Waals surface area contributed by atoms with E-state index in [9.17, 15) is 4.79 Å². The normalized spacial score (nSPS) is 12.8. The lowest BCUT2D eigenvalue weighted by molar-refractivity contribution is -0.115. The number of nitrogens with one attached hydrogen (secondary N) is 1. The molecular formula is C16H13BrClNO3. The second kappa shape index (κ2) is 6.58. The Bertz CT molecular complexity index is 721. The number of rotatable bonds is 3. The van der Waals surface area contributed by atoms with Crippen molar-refractivity contribution in [1.29, 1.82) is 0 Å². The van der Waals surface area contributed by atoms with E-state index in [1.807, 2.05) is 24.3 Å². The van der Waals surface area contributed by atoms with Gasteiger partial charge in [0.15, 0.2) is 11.5 Å². The average molecular weight is 383 g/mol. The van der Waals surface area contributed by atoms with Crippen LogP contribution in [0.4, 0.5) is 5.69 Å². The van der Waals surface area contributed by atoms with Crippen molar-refractivity contribution in [3.63, 3.8) is 0 Å². The third kappa shape index (κ3) is 3.36. The van der Waals surface area contributed by atoms with Crippen LogP contribution in [0.1, 0.15) is 5.56 Å². The molecule has 1 aliphatic heterocycles. The Labute approximate surface area is 141 Å². The molecule has 114 valence electrons. The van der Waals surface area contributed by atoms with E-state index in [0.29, 0.717) is 35.4 Å². The van der Waals surface area contributed by atoms with Crippen LogP contribution in [0.3, 0.4) is 0 Å². The van der Waals surface area contributed by atoms with Gasteiger partial charge in [-0.25, -0.2) is 0 Å². The van der Waals surface area contributed by atoms with Crippen LogP contribution in [0.15, 0.2) is 40.9 Å². The number of amides is 1. The lowest BCUT2D eigenvalue weighted by atomic mass is 10.1. The second-order valence-electron chi connectivity index (χ2n) is 4.79. The van der Waals surface area contributed by atoms with Crippen LogP contribution in [0.5, 0.6) is 11.5 Å². The molecule has 1 N–H and O–H groups in total. The standard InChI is InChI=1S/C16H13BrClNO3/c17-11-9-15-14(21-5-6-22-15)7-10(11)8-16(20)19-13-4-2-1-3-12(13)18/h1-4,7,9H,5-6,8H2,(H,19,20). The number of carbonyl (C=O) groups excluding carboxylic acids is 1. The smallest absolute Gasteiger partial charge is 0.228 e. The Morgan fingerprint density at radius 2 is 1.86 bits per heavy atom. The first-order valence-electron chi connectivity index (χ1n) is 6.76. The molecule has 0 aliphatic carbocycles. The van der Waals surface area contributed by atoms with Gasteiger partial charge in [-0.1, -0.05) is 39.7 Å². The summed E-state index contributed by atoms with van der Waals surface area (Å²) in [7, 11) is 0. The number of hydrogen-bond acceptors (Lipinski definition) is 3. The van der Waals surface area contributed by atoms with Gasteiger partial charge in [-0.2, -0.15) is 0 Å². The van der Waals surface area contributed by atoms with Crippen molar-refractivity contribution in [2.45, 2.75) is 6.42 Å². The predicted molar refractivity (Wildman–Crippen MR) is 88.9 cm³/mol. The lowest BCUT2D eigenvalue weighted by Crippen LogP contribution is -2.17. The first-order chi connectivity index (χ1) is 10.6. The van der Waals surface area contributed by atoms with Crippen LogP contribution in [0.25, 0.3) is 0 Å². The minimum Gasteiger partial charge on any atom is -0.486 e. The molecule has 2 aromatic carbocycles. The molecule has 1 aliphatic rings. The summed E-state index contributed by atoms with van der Waals surface area (Å²) < 4.78 is 11.9. The molecule has 0 saturated carbocycles. The number of carbonyl (C=O) groups is 1. The molecule has 0 aromatic heterocycles. The number of halogens is 2. The van der Waals surface area contributed by atoms with Gasteiger partial charge in [0.2, 0.25) is 5.91 Å². The van der Waals surface area contributed by atoms with Gasteiger partial charge in [0.05, 0.1) is 17.1 Å². The van der Waals surface area contributed by atoms with Crippen molar-refractivity contribution in [3.8, 4) is 11.5 Å². The molecule has 1 amide bonds. The highest BCUT2D eigenvalue weighted by atomic mass is 79.9. The molecular weight excluding hydrogens is 370 g/mol. The quantitative estimate of drug-likeness (QED) is 0.871. The fourth-order valence-corrected chi connectivity index (χ4v) is 2.82. The third-order valence-electron chi connectivity index (χ3n) is 3.21. The number of anilines is 1. The van der Waals surface area contributed by atoms with Crippen LogP contribution in [0.2, 0.25) is 5.02 Å². The van der Waals surface area contributed by atoms with Crippen LogP contribution < -0.4 is 14.8 Å². The zero-order chi connectivity index (χ0) is 15.5. The Morgan fingerprint density at radius 3 is 2.59 bits per heavy atom. The molecule has 0 saturated heterocycles. The van der Waals surface area contributed by atoms with E-state index in [2.05, 4.69) is 21.2 Å². The number of para-hydroxylation sites is 1. The molecule has 0 fully saturated rings. The minimum atomic E-state index is -0.148. The molecule has 3 rings (SSSR count). The van der Waals surface area contributed by atoms with Gasteiger partial charge in [0.25, 0.3) is 0 Å². The Kier molecular flexibility index (Phi) is 4.55. The van der Waals surface area contributed by atoms with E-state index in [0.717, 1.165) is 10.0 Å². The van der Waals surface area contributed by atoms with Gasteiger partial charge in [0, 0.05) is 4.47 Å². The SMILES string of the molecule is O=C(Cc1cc2c(cc1Br)OCCO2)Nc1ccccc1Cl. The van der Waals surface area contributed by atoms with Crippen molar-refractivity contribution in [2.24, 2.45) is 0 Å². The summed E-state index contributed by atoms with van der Waals surface area (Å²) in [6.45, 7) is 1.05. The summed E-state index contributed by atoms with van der Waals surface area (Å²) >= 11 is 9.50. The lowest BCUT2D eigenvalue weighted by Gasteiger charge is -2.19. The van der Waals surface area contributed by atoms with Crippen molar-refractivity contribution in [2.75, 3.05) is 18.5 Å². The van der Waals surface area contributed by atoms with E-state index in [4.69, 9.17) is 21.1 Å². The van der Waals surface area contributed by atoms with Gasteiger partial charge in [-0.15, -0.1) is 0 Å². The first kappa shape index (κ1) is 15.2. The second-order valence-corrected chi connectivity index (χ2v) is 6.05. The zero-order valence-electron chi connectivity index (χ0n) is 11.6. The van der Waals surface area contributed by atoms with Gasteiger partial charge in [0.1, 0.15) is 13.2 Å². The molecule has 0 unspecified atom stereocenters. The summed E-state index contributed by atoms with van der Waals surface area (Å²) in [4.78, 5) is 12.2. The number of hydrogen-bond donors (Lipinski definition) is 1. The van der Waals surface area contributed by atoms with E-state index in [1.165, 1.54) is 0 Å². The highest BCUT2D eigenvalue weighted by Crippen LogP contribution is 2.35. The molecule has 0 atom stereocenters. The highest BCUT2D eigenvalue weighted by Gasteiger charge is 2.16. The van der Waals surface area contributed by atoms with Gasteiger partial charge >= 0.3 is 0 Å². The zero-order valence-corrected chi connectivity index (χ0v) is 13.9. The summed E-state index contributed by atoms with van der Waals surface area (Å²) in [5, 5.41) is 3.31. The minimum absolute atomic E-state index is 0.148. The van der Waals surface area contributed by atoms with Crippen molar-refractivity contribution in [1.82, 2.24) is 0 Å². The van der Waals surface area contributed by atoms with Gasteiger partial charge < -0.3 is 14.8 Å². The molecule has 22 heavy (non-hydrogen) atoms. The predicted octanol–water partition coefficient (Wildman–Crippen LogP) is 4.05. The third-order valence-corrected chi connectivity index (χ3v) is 4.28. The molecule has 4 nitrogen and oxygen atoms in total. The fourth-order valence-electron chi connectivity index (χ4n) is 2.17. The molecule has 0 bridgehead atoms. The summed E-state index contributed by atoms with van der Waals surface area (Å²) in [6, 6.07) is 10.8. The van der Waals surface area contributed by atoms with Crippen LogP contribution in [0, 0.1) is 0 Å². The van der Waals surface area contributed by atoms with E-state index >= 15 is 0 Å². The maximum atomic E-state index is 12.2. The van der Waals surface area contributed by atoms with Gasteiger partial charge in [-0.3, -0.25) is 4.79 Å². The first-order valence-corrected chi connectivity index (χ1v) is 7.93. The molecule has 0 spiro atoms. The molecule has 2 aromatic rings. The molecule has 6 heteroatoms. The average Bonchev–Trinajstić information content (AvgIpc) is 2.50. The summed E-state index contributed by atoms with van der Waals surface area (Å²) in [6.07, 6.45) is 0.211. The van der Waals surface area contributed by atoms with Crippen LogP contribution in [-0.2, 0) is 11.2 Å². The highest BCUT2D eigenvalue weighted by molar-refractivity contribution is 9.10. The van der Waals surface area contributed by atoms with Crippen molar-refractivity contribution >= 4 is 39.1 Å². The molecule has 1 heterocycles. The Balaban J connectivity index is 1.75. The topological polar surface area (TPSA) is 47.6 Å². The maximum absolute atomic E-state index is 12.2. The number of benzene rings is 2. The summed E-state index contributed by atoms with van der Waals surface area (Å²) in [5.74, 6) is 1.20. The Hall–Kier alpha value is -1.72. The van der Waals surface area contributed by atoms with E-state index < -0.39 is 0 Å². The maximum Gasteiger partial charge on any atom is 0.228 e. The monoisotopic (exact) mass is 381 g/mol. The Morgan fingerprint density at radius 1 is 1.18 bits per heavy atom. The molecule has 0 radical (unpaired) electrons. The number of fused-ring (bicyclic) bond motifs is 1. The van der Waals surface area contributed by atoms with Gasteiger partial charge in [-0.05, 0) is 29.8 Å². The fraction of sp³-hybridized carbons (Fsp3) is 0.188. The van der Waals surface area contributed by atoms with E-state index in [-0.39, 0.29) is 12.3 Å². The van der Waals surface area contributed by atoms with E-state index in [1.54, 1.807) is 12.1 Å². The van der Waals surface area contributed by atoms with Crippen molar-refractivity contribution in [3.05, 3.63) is 51.5 Å². The van der Waals surface area contributed by atoms with Crippen LogP contribution >= 0.6 is 27.5 Å². The number of ether oxygens (including phenoxy) is 2. The summed E-state index contributed by atoms with van der Waals surface area (Å²) in [5.41, 5.74) is 1.43. The van der Waals surface area contributed by atoms with Crippen molar-refractivity contribution < 1.29 is 14.3 Å². The van der Waals surface area contributed by atoms with Crippen LogP contribution in [-0.4, -0.2) is 19.1 Å².